The van der Waals surface area contributed by atoms with Crippen LogP contribution in [0.2, 0.25) is 0 Å². The van der Waals surface area contributed by atoms with E-state index in [1.54, 1.807) is 79.7 Å². The molecule has 1 aliphatic carbocycles. The molecule has 0 saturated heterocycles. The van der Waals surface area contributed by atoms with Crippen LogP contribution < -0.4 is 42.5 Å². The van der Waals surface area contributed by atoms with E-state index in [9.17, 15) is 35.1 Å². The molecule has 4 aromatic carbocycles. The number of rotatable bonds is 23. The molecule has 8 heterocycles. The molecular formula is C75H82F8N24. The average molecular weight is 1470 g/mol. The first kappa shape index (κ1) is 77.2. The largest absolute Gasteiger partial charge is 0.363 e. The van der Waals surface area contributed by atoms with Crippen LogP contribution in [-0.4, -0.2) is 80.7 Å². The predicted octanol–water partition coefficient (Wildman–Crippen LogP) is 18.5. The van der Waals surface area contributed by atoms with Gasteiger partial charge in [-0.25, -0.2) is 75.0 Å². The van der Waals surface area contributed by atoms with Crippen molar-refractivity contribution >= 4 is 75.9 Å². The standard InChI is InChI=1S/C20H22F2N6.C19H22F2N6.C19H20F2N6.C17H18F2N6/c1-11(15-7-6-14(21)8-16(15)22)23-18-10-19(25-12(2)24-18)26-20-9-17(27-28-20)13-4-3-5-13;1-10(2)16-8-19(27-26-16)25-18-9-17(23-12(4)24-18)22-11(3)14-6-5-13(20)7-15(14)21;1-4-5-14-9-19(27-26-14)25-18-10-17(23-12(3)24-18)22-11(2)15-7-6-13(20)8-16(15)21;1-9-6-17(25-24-9)23-16-8-15(21-11(3)22-16)20-10(2)13-5-4-12(18)7-14(13)19/h6-11,13H,3-5H2,1-2H3,(H3,23,24,25,26,27,28);5-11H,1-4H3,(H3,22,23,24,25,26,27);4-11H,1-3H3,(H3,22,23,24,25,26,27);4-8,10H,1-3H3,(H3,20,21,22,23,24,25)/b;;5-4+;. The van der Waals surface area contributed by atoms with Crippen LogP contribution in [0.5, 0.6) is 0 Å². The summed E-state index contributed by atoms with van der Waals surface area (Å²) in [6.07, 6.45) is 7.46. The molecule has 24 nitrogen and oxygen atoms in total. The van der Waals surface area contributed by atoms with E-state index in [-0.39, 0.29) is 0 Å². The molecule has 0 amide bonds. The van der Waals surface area contributed by atoms with Crippen LogP contribution in [0.25, 0.3) is 6.08 Å². The predicted molar refractivity (Wildman–Crippen MR) is 398 cm³/mol. The van der Waals surface area contributed by atoms with E-state index in [2.05, 4.69) is 137 Å². The van der Waals surface area contributed by atoms with Gasteiger partial charge < -0.3 is 42.5 Å². The lowest BCUT2D eigenvalue weighted by molar-refractivity contribution is 0.410. The monoisotopic (exact) mass is 1470 g/mol. The van der Waals surface area contributed by atoms with Crippen molar-refractivity contribution in [3.05, 3.63) is 242 Å². The lowest BCUT2D eigenvalue weighted by Crippen LogP contribution is -2.11. The number of hydrogen-bond donors (Lipinski definition) is 12. The van der Waals surface area contributed by atoms with Gasteiger partial charge in [0.15, 0.2) is 23.3 Å². The van der Waals surface area contributed by atoms with Gasteiger partial charge in [0.2, 0.25) is 0 Å². The number of aromatic amines is 4. The fourth-order valence-corrected chi connectivity index (χ4v) is 11.1. The van der Waals surface area contributed by atoms with Crippen molar-refractivity contribution in [2.24, 2.45) is 0 Å². The normalized spacial score (nSPS) is 13.0. The number of benzene rings is 4. The highest BCUT2D eigenvalue weighted by Crippen LogP contribution is 2.37. The van der Waals surface area contributed by atoms with Crippen molar-refractivity contribution in [1.82, 2.24) is 80.7 Å². The van der Waals surface area contributed by atoms with Crippen molar-refractivity contribution in [2.75, 3.05) is 42.5 Å². The number of aryl methyl sites for hydroxylation is 5. The zero-order chi connectivity index (χ0) is 76.6. The van der Waals surface area contributed by atoms with Crippen LogP contribution in [0.15, 0.2) is 127 Å². The van der Waals surface area contributed by atoms with Gasteiger partial charge in [-0.15, -0.1) is 0 Å². The molecule has 4 unspecified atom stereocenters. The Morgan fingerprint density at radius 3 is 0.981 bits per heavy atom. The molecule has 1 saturated carbocycles. The summed E-state index contributed by atoms with van der Waals surface area (Å²) in [6.45, 7) is 22.2. The van der Waals surface area contributed by atoms with E-state index in [1.165, 1.54) is 67.8 Å². The highest BCUT2D eigenvalue weighted by atomic mass is 19.2. The minimum Gasteiger partial charge on any atom is -0.363 e. The molecule has 32 heteroatoms. The number of allylic oxidation sites excluding steroid dienone is 1. The van der Waals surface area contributed by atoms with Crippen LogP contribution >= 0.6 is 0 Å². The maximum atomic E-state index is 14.0. The van der Waals surface area contributed by atoms with Crippen LogP contribution in [-0.2, 0) is 0 Å². The van der Waals surface area contributed by atoms with E-state index >= 15 is 0 Å². The summed E-state index contributed by atoms with van der Waals surface area (Å²) in [5, 5.41) is 53.6. The summed E-state index contributed by atoms with van der Waals surface area (Å²) < 4.78 is 108. The maximum absolute atomic E-state index is 14.0. The zero-order valence-electron chi connectivity index (χ0n) is 60.7. The molecule has 107 heavy (non-hydrogen) atoms. The Labute approximate surface area is 612 Å². The number of aromatic nitrogens is 16. The highest BCUT2D eigenvalue weighted by molar-refractivity contribution is 5.62. The smallest absolute Gasteiger partial charge is 0.153 e. The van der Waals surface area contributed by atoms with Gasteiger partial charge in [0.1, 0.15) is 116 Å². The Balaban J connectivity index is 0.000000153. The zero-order valence-corrected chi connectivity index (χ0v) is 60.7. The van der Waals surface area contributed by atoms with Gasteiger partial charge in [0.05, 0.1) is 29.9 Å². The van der Waals surface area contributed by atoms with Gasteiger partial charge in [-0.05, 0) is 118 Å². The van der Waals surface area contributed by atoms with Gasteiger partial charge in [0.25, 0.3) is 0 Å². The number of hydrogen-bond acceptors (Lipinski definition) is 20. The molecule has 13 rings (SSSR count). The van der Waals surface area contributed by atoms with Gasteiger partial charge >= 0.3 is 0 Å². The minimum atomic E-state index is -0.607. The number of nitrogens with zero attached hydrogens (tertiary/aromatic N) is 12. The number of anilines is 12. The number of halogens is 8. The Morgan fingerprint density at radius 1 is 0.355 bits per heavy atom. The fourth-order valence-electron chi connectivity index (χ4n) is 11.1. The third-order valence-corrected chi connectivity index (χ3v) is 16.6. The quantitative estimate of drug-likeness (QED) is 0.0265. The van der Waals surface area contributed by atoms with E-state index in [0.717, 1.165) is 47.0 Å². The molecule has 0 bridgehead atoms. The lowest BCUT2D eigenvalue weighted by Gasteiger charge is -2.23. The summed E-state index contributed by atoms with van der Waals surface area (Å²) in [6, 6.07) is 27.0. The number of nitrogens with one attached hydrogen (secondary N) is 12. The Kier molecular flexibility index (Phi) is 25.6. The molecule has 12 N–H and O–H groups in total. The van der Waals surface area contributed by atoms with E-state index in [1.807, 2.05) is 50.3 Å². The summed E-state index contributed by atoms with van der Waals surface area (Å²) in [7, 11) is 0. The summed E-state index contributed by atoms with van der Waals surface area (Å²) in [4.78, 5) is 34.7. The second kappa shape index (κ2) is 35.4. The Morgan fingerprint density at radius 2 is 0.673 bits per heavy atom. The van der Waals surface area contributed by atoms with Crippen molar-refractivity contribution in [2.45, 2.75) is 138 Å². The SMILES string of the molecule is C/C=C/c1cc(Nc2cc(NC(C)c3ccc(F)cc3F)nc(C)n2)n[nH]1.Cc1nc(Nc2cc(C(C)C)[nH]n2)cc(NC(C)c2ccc(F)cc2F)n1.Cc1nc(Nc2cc(C)[nH]n2)cc(NC(C)c2ccc(F)cc2F)n1.Cc1nc(Nc2cc(C3CCC3)[nH]n2)cc(NC(C)c2ccc(F)cc2F)n1. The van der Waals surface area contributed by atoms with Gasteiger partial charge in [-0.2, -0.15) is 20.4 Å². The van der Waals surface area contributed by atoms with E-state index in [4.69, 9.17) is 0 Å². The summed E-state index contributed by atoms with van der Waals surface area (Å²) in [5.74, 6) is 5.29. The molecule has 12 aromatic rings. The fraction of sp³-hybridized carbons (Fsp3) is 0.280. The molecule has 0 aliphatic heterocycles. The maximum Gasteiger partial charge on any atom is 0.153 e. The second-order valence-corrected chi connectivity index (χ2v) is 25.7. The van der Waals surface area contributed by atoms with Crippen molar-refractivity contribution in [3.8, 4) is 0 Å². The number of H-pyrrole nitrogens is 4. The Bertz CT molecular complexity index is 5010. The minimum absolute atomic E-state index is 0.337. The first-order valence-electron chi connectivity index (χ1n) is 34.3. The third-order valence-electron chi connectivity index (χ3n) is 16.6. The average Bonchev–Trinajstić information content (AvgIpc) is 1.81. The van der Waals surface area contributed by atoms with Crippen LogP contribution in [0.4, 0.5) is 105 Å². The van der Waals surface area contributed by atoms with Crippen molar-refractivity contribution in [1.29, 1.82) is 0 Å². The molecule has 558 valence electrons. The molecule has 4 atom stereocenters. The van der Waals surface area contributed by atoms with Crippen LogP contribution in [0, 0.1) is 81.2 Å². The molecule has 1 aliphatic rings. The molecular weight excluding hydrogens is 1390 g/mol. The van der Waals surface area contributed by atoms with Crippen LogP contribution in [0.1, 0.15) is 172 Å². The first-order chi connectivity index (χ1) is 51.1. The van der Waals surface area contributed by atoms with Gasteiger partial charge in [-0.3, -0.25) is 20.4 Å². The lowest BCUT2D eigenvalue weighted by atomic mass is 9.83. The van der Waals surface area contributed by atoms with Gasteiger partial charge in [0, 0.05) is 118 Å². The van der Waals surface area contributed by atoms with Crippen LogP contribution in [0.3, 0.4) is 0 Å². The van der Waals surface area contributed by atoms with Gasteiger partial charge in [-0.1, -0.05) is 50.6 Å². The topological polar surface area (TPSA) is 314 Å². The molecule has 1 fully saturated rings. The molecule has 8 aromatic heterocycles. The summed E-state index contributed by atoms with van der Waals surface area (Å²) in [5.41, 5.74) is 5.37. The van der Waals surface area contributed by atoms with E-state index in [0.29, 0.717) is 127 Å². The van der Waals surface area contributed by atoms with Crippen molar-refractivity contribution in [3.63, 3.8) is 0 Å². The molecule has 0 spiro atoms. The summed E-state index contributed by atoms with van der Waals surface area (Å²) >= 11 is 0. The molecule has 0 radical (unpaired) electrons. The highest BCUT2D eigenvalue weighted by Gasteiger charge is 2.23. The van der Waals surface area contributed by atoms with E-state index < -0.39 is 70.7 Å². The van der Waals surface area contributed by atoms with Crippen molar-refractivity contribution < 1.29 is 35.1 Å². The second-order valence-electron chi connectivity index (χ2n) is 25.7. The Hall–Kier alpha value is -12.4. The first-order valence-corrected chi connectivity index (χ1v) is 34.3. The third kappa shape index (κ3) is 22.1.